The van der Waals surface area contributed by atoms with Gasteiger partial charge in [-0.2, -0.15) is 14.6 Å². The molecule has 0 bridgehead atoms. The van der Waals surface area contributed by atoms with Gasteiger partial charge in [0.15, 0.2) is 5.75 Å². The first-order valence-corrected chi connectivity index (χ1v) is 13.4. The van der Waals surface area contributed by atoms with Crippen LogP contribution in [-0.2, 0) is 21.8 Å². The highest BCUT2D eigenvalue weighted by atomic mass is 35.5. The standard InChI is InChI=1S/C28H24Cl2N6O7/c1-15(2)18-12-22(34-36(25(18)38)28(3,4)43-27(40)41-14-16-8-6-5-7-9-16)42-23-19(29)10-17(11-20(23)30)35-26(39)32-24(37)21(13-31)33-35/h5-12,15H,14H2,1-4H3,(H,32,37,39). The molecule has 4 rings (SSSR count). The van der Waals surface area contributed by atoms with Crippen LogP contribution in [-0.4, -0.2) is 30.7 Å². The monoisotopic (exact) mass is 626 g/mol. The number of hydrogen-bond donors (Lipinski definition) is 1. The first-order chi connectivity index (χ1) is 20.3. The summed E-state index contributed by atoms with van der Waals surface area (Å²) < 4.78 is 18.2. The number of ether oxygens (including phenoxy) is 3. The number of benzene rings is 2. The van der Waals surface area contributed by atoms with Crippen molar-refractivity contribution in [3.05, 3.63) is 107 Å². The minimum atomic E-state index is -1.61. The average Bonchev–Trinajstić information content (AvgIpc) is 2.94. The fourth-order valence-electron chi connectivity index (χ4n) is 3.83. The molecule has 0 atom stereocenters. The maximum atomic E-state index is 13.3. The number of carbonyl (C=O) groups is 1. The molecule has 0 aliphatic rings. The van der Waals surface area contributed by atoms with Crippen LogP contribution in [0, 0.1) is 11.3 Å². The van der Waals surface area contributed by atoms with Crippen LogP contribution >= 0.6 is 23.2 Å². The molecule has 0 saturated heterocycles. The quantitative estimate of drug-likeness (QED) is 0.272. The Balaban J connectivity index is 1.67. The van der Waals surface area contributed by atoms with Crippen LogP contribution < -0.4 is 21.5 Å². The molecule has 0 radical (unpaired) electrons. The highest BCUT2D eigenvalue weighted by molar-refractivity contribution is 6.37. The molecule has 0 aliphatic carbocycles. The van der Waals surface area contributed by atoms with E-state index < -0.39 is 34.4 Å². The van der Waals surface area contributed by atoms with Gasteiger partial charge in [0.2, 0.25) is 17.3 Å². The summed E-state index contributed by atoms with van der Waals surface area (Å²) in [6.45, 7) is 6.44. The number of carbonyl (C=O) groups excluding carboxylic acids is 1. The third-order valence-corrected chi connectivity index (χ3v) is 6.51. The summed E-state index contributed by atoms with van der Waals surface area (Å²) in [6.07, 6.45) is -1.02. The van der Waals surface area contributed by atoms with Crippen LogP contribution in [0.1, 0.15) is 50.4 Å². The van der Waals surface area contributed by atoms with Gasteiger partial charge in [0.1, 0.15) is 12.7 Å². The molecule has 1 N–H and O–H groups in total. The minimum absolute atomic E-state index is 0.0319. The van der Waals surface area contributed by atoms with Gasteiger partial charge in [-0.1, -0.05) is 67.4 Å². The van der Waals surface area contributed by atoms with Crippen LogP contribution in [0.5, 0.6) is 11.6 Å². The largest absolute Gasteiger partial charge is 0.510 e. The van der Waals surface area contributed by atoms with Crippen molar-refractivity contribution in [3.63, 3.8) is 0 Å². The summed E-state index contributed by atoms with van der Waals surface area (Å²) in [5.74, 6) is -0.482. The van der Waals surface area contributed by atoms with Gasteiger partial charge in [0.25, 0.3) is 11.1 Å². The molecule has 43 heavy (non-hydrogen) atoms. The Labute approximate surface area is 253 Å². The van der Waals surface area contributed by atoms with Crippen molar-refractivity contribution in [2.75, 3.05) is 0 Å². The normalized spacial score (nSPS) is 11.2. The molecule has 222 valence electrons. The molecular weight excluding hydrogens is 603 g/mol. The van der Waals surface area contributed by atoms with Gasteiger partial charge in [0.05, 0.1) is 15.7 Å². The Kier molecular flexibility index (Phi) is 9.03. The first kappa shape index (κ1) is 31.0. The van der Waals surface area contributed by atoms with E-state index >= 15 is 0 Å². The van der Waals surface area contributed by atoms with E-state index in [4.69, 9.17) is 42.7 Å². The summed E-state index contributed by atoms with van der Waals surface area (Å²) in [5.41, 5.74) is -3.50. The Morgan fingerprint density at radius 3 is 2.33 bits per heavy atom. The van der Waals surface area contributed by atoms with Crippen molar-refractivity contribution < 1.29 is 19.0 Å². The van der Waals surface area contributed by atoms with Gasteiger partial charge in [-0.25, -0.2) is 9.59 Å². The van der Waals surface area contributed by atoms with Gasteiger partial charge < -0.3 is 14.2 Å². The van der Waals surface area contributed by atoms with Crippen LogP contribution in [0.25, 0.3) is 5.69 Å². The molecule has 4 aromatic rings. The molecule has 0 amide bonds. The molecule has 2 aromatic carbocycles. The van der Waals surface area contributed by atoms with Crippen molar-refractivity contribution in [2.24, 2.45) is 0 Å². The van der Waals surface area contributed by atoms with Gasteiger partial charge in [0, 0.05) is 11.6 Å². The van der Waals surface area contributed by atoms with Crippen molar-refractivity contribution in [1.82, 2.24) is 24.5 Å². The third-order valence-electron chi connectivity index (χ3n) is 5.95. The summed E-state index contributed by atoms with van der Waals surface area (Å²) in [5, 5.41) is 16.9. The second-order valence-corrected chi connectivity index (χ2v) is 10.7. The number of hydrogen-bond acceptors (Lipinski definition) is 10. The number of rotatable bonds is 8. The van der Waals surface area contributed by atoms with Crippen LogP contribution in [0.4, 0.5) is 4.79 Å². The average molecular weight is 627 g/mol. The highest BCUT2D eigenvalue weighted by Gasteiger charge is 2.31. The van der Waals surface area contributed by atoms with Crippen molar-refractivity contribution in [1.29, 1.82) is 5.26 Å². The zero-order chi connectivity index (χ0) is 31.5. The Hall–Kier alpha value is -4.93. The third kappa shape index (κ3) is 6.94. The lowest BCUT2D eigenvalue weighted by atomic mass is 10.1. The first-order valence-electron chi connectivity index (χ1n) is 12.7. The van der Waals surface area contributed by atoms with Crippen molar-refractivity contribution in [3.8, 4) is 23.4 Å². The second kappa shape index (κ2) is 12.5. The lowest BCUT2D eigenvalue weighted by Gasteiger charge is -2.27. The SMILES string of the molecule is CC(C)c1cc(Oc2c(Cl)cc(-n3nc(C#N)c(=O)[nH]c3=O)cc2Cl)nn(C(C)(C)OC(=O)OCc2ccccc2)c1=O. The fraction of sp³-hybridized carbons (Fsp3) is 0.250. The number of nitrogens with zero attached hydrogens (tertiary/aromatic N) is 5. The van der Waals surface area contributed by atoms with Crippen LogP contribution in [0.3, 0.4) is 0 Å². The Bertz CT molecular complexity index is 1890. The summed E-state index contributed by atoms with van der Waals surface area (Å²) in [4.78, 5) is 51.8. The number of nitriles is 1. The lowest BCUT2D eigenvalue weighted by molar-refractivity contribution is -0.0730. The van der Waals surface area contributed by atoms with E-state index in [9.17, 15) is 19.2 Å². The van der Waals surface area contributed by atoms with Crippen LogP contribution in [0.2, 0.25) is 10.0 Å². The zero-order valence-corrected chi connectivity index (χ0v) is 24.8. The zero-order valence-electron chi connectivity index (χ0n) is 23.3. The van der Waals surface area contributed by atoms with Crippen molar-refractivity contribution >= 4 is 29.4 Å². The molecular formula is C28H24Cl2N6O7. The van der Waals surface area contributed by atoms with E-state index in [1.54, 1.807) is 44.2 Å². The fourth-order valence-corrected chi connectivity index (χ4v) is 4.38. The molecule has 13 nitrogen and oxygen atoms in total. The molecule has 0 aliphatic heterocycles. The van der Waals surface area contributed by atoms with Gasteiger partial charge in [-0.05, 0) is 37.5 Å². The topological polar surface area (TPSA) is 171 Å². The molecule has 0 fully saturated rings. The smallest absolute Gasteiger partial charge is 0.434 e. The number of nitrogens with one attached hydrogen (secondary N) is 1. The lowest BCUT2D eigenvalue weighted by Crippen LogP contribution is -2.43. The number of H-pyrrole nitrogens is 1. The van der Waals surface area contributed by atoms with E-state index in [0.29, 0.717) is 0 Å². The summed E-state index contributed by atoms with van der Waals surface area (Å²) in [6, 6.07) is 14.5. The molecule has 2 aromatic heterocycles. The molecule has 0 spiro atoms. The minimum Gasteiger partial charge on any atom is -0.434 e. The van der Waals surface area contributed by atoms with Gasteiger partial charge in [-0.3, -0.25) is 14.6 Å². The maximum Gasteiger partial charge on any atom is 0.510 e. The van der Waals surface area contributed by atoms with E-state index in [1.165, 1.54) is 32.0 Å². The molecule has 2 heterocycles. The maximum absolute atomic E-state index is 13.3. The molecule has 15 heteroatoms. The van der Waals surface area contributed by atoms with E-state index in [1.807, 2.05) is 11.1 Å². The highest BCUT2D eigenvalue weighted by Crippen LogP contribution is 2.38. The van der Waals surface area contributed by atoms with Gasteiger partial charge in [-0.15, -0.1) is 10.2 Å². The predicted octanol–water partition coefficient (Wildman–Crippen LogP) is 4.62. The van der Waals surface area contributed by atoms with Crippen molar-refractivity contribution in [2.45, 2.75) is 45.9 Å². The van der Waals surface area contributed by atoms with E-state index in [0.717, 1.165) is 14.9 Å². The Morgan fingerprint density at radius 2 is 1.72 bits per heavy atom. The number of aromatic amines is 1. The number of aromatic nitrogens is 5. The van der Waals surface area contributed by atoms with Crippen LogP contribution in [0.15, 0.2) is 62.9 Å². The second-order valence-electron chi connectivity index (χ2n) is 9.85. The predicted molar refractivity (Wildman–Crippen MR) is 155 cm³/mol. The van der Waals surface area contributed by atoms with E-state index in [-0.39, 0.29) is 45.5 Å². The summed E-state index contributed by atoms with van der Waals surface area (Å²) >= 11 is 12.9. The summed E-state index contributed by atoms with van der Waals surface area (Å²) in [7, 11) is 0. The molecule has 0 saturated carbocycles. The van der Waals surface area contributed by atoms with E-state index in [2.05, 4.69) is 10.2 Å². The van der Waals surface area contributed by atoms with Gasteiger partial charge >= 0.3 is 11.8 Å². The molecule has 0 unspecified atom stereocenters. The number of halogens is 2. The Morgan fingerprint density at radius 1 is 1.07 bits per heavy atom.